The number of aromatic nitrogens is 1. The molecule has 0 aliphatic heterocycles. The zero-order valence-corrected chi connectivity index (χ0v) is 12.5. The molecule has 4 heteroatoms. The van der Waals surface area contributed by atoms with E-state index in [-0.39, 0.29) is 12.5 Å². The highest BCUT2D eigenvalue weighted by Crippen LogP contribution is 2.25. The van der Waals surface area contributed by atoms with Crippen molar-refractivity contribution in [3.63, 3.8) is 0 Å². The first-order valence-electron chi connectivity index (χ1n) is 7.62. The number of rotatable bonds is 4. The summed E-state index contributed by atoms with van der Waals surface area (Å²) in [4.78, 5) is 18.8. The number of aliphatic hydroxyl groups excluding tert-OH is 1. The predicted octanol–water partition coefficient (Wildman–Crippen LogP) is 2.22. The molecule has 0 aromatic carbocycles. The van der Waals surface area contributed by atoms with Gasteiger partial charge in [-0.1, -0.05) is 24.7 Å². The molecule has 1 aliphatic carbocycles. The van der Waals surface area contributed by atoms with Gasteiger partial charge in [0.25, 0.3) is 5.91 Å². The van der Waals surface area contributed by atoms with Crippen molar-refractivity contribution in [1.29, 1.82) is 0 Å². The fourth-order valence-electron chi connectivity index (χ4n) is 2.83. The molecule has 4 nitrogen and oxygen atoms in total. The lowest BCUT2D eigenvalue weighted by Crippen LogP contribution is -2.39. The third-order valence-electron chi connectivity index (χ3n) is 3.88. The van der Waals surface area contributed by atoms with Crippen LogP contribution in [0.3, 0.4) is 0 Å². The lowest BCUT2D eigenvalue weighted by atomic mass is 10.1. The van der Waals surface area contributed by atoms with Gasteiger partial charge in [0.2, 0.25) is 0 Å². The van der Waals surface area contributed by atoms with Crippen molar-refractivity contribution < 1.29 is 9.90 Å². The van der Waals surface area contributed by atoms with Crippen LogP contribution in [0.5, 0.6) is 0 Å². The van der Waals surface area contributed by atoms with E-state index in [0.717, 1.165) is 19.4 Å². The van der Waals surface area contributed by atoms with Crippen LogP contribution in [-0.4, -0.2) is 40.1 Å². The maximum Gasteiger partial charge on any atom is 0.255 e. The van der Waals surface area contributed by atoms with Gasteiger partial charge in [0.05, 0.1) is 17.7 Å². The van der Waals surface area contributed by atoms with Crippen LogP contribution in [-0.2, 0) is 0 Å². The molecule has 0 spiro atoms. The zero-order chi connectivity index (χ0) is 15.1. The van der Waals surface area contributed by atoms with Gasteiger partial charge in [0.1, 0.15) is 0 Å². The molecule has 21 heavy (non-hydrogen) atoms. The third kappa shape index (κ3) is 3.83. The standard InChI is InChI=1S/C17H22N2O2/c1-2-19(15-8-3-4-9-15)17(21)16-10-11-18-13-14(16)7-5-6-12-20/h10-11,13,15,20H,2-4,6,8-9,12H2,1H3. The SMILES string of the molecule is CCN(C(=O)c1ccncc1C#CCCO)C1CCCC1. The summed E-state index contributed by atoms with van der Waals surface area (Å²) < 4.78 is 0. The van der Waals surface area contributed by atoms with Crippen molar-refractivity contribution in [2.45, 2.75) is 45.1 Å². The van der Waals surface area contributed by atoms with Crippen LogP contribution in [0.2, 0.25) is 0 Å². The minimum atomic E-state index is 0.0275. The second-order valence-corrected chi connectivity index (χ2v) is 5.23. The van der Waals surface area contributed by atoms with Crippen LogP contribution in [0.15, 0.2) is 18.5 Å². The van der Waals surface area contributed by atoms with Gasteiger partial charge in [-0.2, -0.15) is 0 Å². The Kier molecular flexibility index (Phi) is 5.77. The molecule has 1 saturated carbocycles. The second-order valence-electron chi connectivity index (χ2n) is 5.23. The van der Waals surface area contributed by atoms with E-state index < -0.39 is 0 Å². The molecule has 1 aromatic rings. The van der Waals surface area contributed by atoms with E-state index in [1.165, 1.54) is 12.8 Å². The topological polar surface area (TPSA) is 53.4 Å². The lowest BCUT2D eigenvalue weighted by molar-refractivity contribution is 0.0693. The Labute approximate surface area is 126 Å². The molecule has 0 unspecified atom stereocenters. The largest absolute Gasteiger partial charge is 0.395 e. The van der Waals surface area contributed by atoms with Crippen molar-refractivity contribution in [3.05, 3.63) is 29.6 Å². The number of aliphatic hydroxyl groups is 1. The Balaban J connectivity index is 2.23. The Morgan fingerprint density at radius 3 is 2.90 bits per heavy atom. The molecule has 2 rings (SSSR count). The Bertz CT molecular complexity index is 539. The van der Waals surface area contributed by atoms with Gasteiger partial charge in [-0.3, -0.25) is 9.78 Å². The molecule has 1 fully saturated rings. The summed E-state index contributed by atoms with van der Waals surface area (Å²) in [6, 6.07) is 2.09. The number of carbonyl (C=O) groups is 1. The van der Waals surface area contributed by atoms with Gasteiger partial charge in [0, 0.05) is 31.4 Å². The summed E-state index contributed by atoms with van der Waals surface area (Å²) in [5.41, 5.74) is 1.26. The van der Waals surface area contributed by atoms with Gasteiger partial charge in [-0.15, -0.1) is 0 Å². The predicted molar refractivity (Wildman–Crippen MR) is 81.8 cm³/mol. The Hall–Kier alpha value is -1.86. The van der Waals surface area contributed by atoms with Gasteiger partial charge < -0.3 is 10.0 Å². The van der Waals surface area contributed by atoms with Crippen LogP contribution in [0, 0.1) is 11.8 Å². The third-order valence-corrected chi connectivity index (χ3v) is 3.88. The molecule has 1 aliphatic rings. The number of carbonyl (C=O) groups excluding carboxylic acids is 1. The summed E-state index contributed by atoms with van der Waals surface area (Å²) >= 11 is 0. The van der Waals surface area contributed by atoms with E-state index in [4.69, 9.17) is 5.11 Å². The summed E-state index contributed by atoms with van der Waals surface area (Å²) in [6.45, 7) is 2.77. The second kappa shape index (κ2) is 7.80. The number of hydrogen-bond donors (Lipinski definition) is 1. The van der Waals surface area contributed by atoms with Crippen LogP contribution in [0.25, 0.3) is 0 Å². The van der Waals surface area contributed by atoms with Crippen molar-refractivity contribution in [2.24, 2.45) is 0 Å². The number of nitrogens with zero attached hydrogens (tertiary/aromatic N) is 2. The minimum absolute atomic E-state index is 0.0275. The molecule has 0 saturated heterocycles. The Morgan fingerprint density at radius 2 is 2.24 bits per heavy atom. The number of amides is 1. The van der Waals surface area contributed by atoms with Crippen molar-refractivity contribution >= 4 is 5.91 Å². The molecule has 1 N–H and O–H groups in total. The lowest BCUT2D eigenvalue weighted by Gasteiger charge is -2.28. The molecular weight excluding hydrogens is 264 g/mol. The van der Waals surface area contributed by atoms with Crippen molar-refractivity contribution in [3.8, 4) is 11.8 Å². The molecule has 1 heterocycles. The molecule has 0 radical (unpaired) electrons. The smallest absolute Gasteiger partial charge is 0.255 e. The first kappa shape index (κ1) is 15.5. The van der Waals surface area contributed by atoms with Crippen LogP contribution in [0.4, 0.5) is 0 Å². The van der Waals surface area contributed by atoms with Crippen molar-refractivity contribution in [1.82, 2.24) is 9.88 Å². The van der Waals surface area contributed by atoms with Crippen molar-refractivity contribution in [2.75, 3.05) is 13.2 Å². The summed E-state index contributed by atoms with van der Waals surface area (Å²) in [5.74, 6) is 5.85. The Morgan fingerprint density at radius 1 is 1.48 bits per heavy atom. The van der Waals surface area contributed by atoms with Gasteiger partial charge >= 0.3 is 0 Å². The monoisotopic (exact) mass is 286 g/mol. The normalized spacial score (nSPS) is 14.6. The van der Waals surface area contributed by atoms with E-state index in [1.54, 1.807) is 18.5 Å². The van der Waals surface area contributed by atoms with E-state index in [9.17, 15) is 4.79 Å². The zero-order valence-electron chi connectivity index (χ0n) is 12.5. The van der Waals surface area contributed by atoms with E-state index in [1.807, 2.05) is 11.8 Å². The maximum atomic E-state index is 12.8. The first-order chi connectivity index (χ1) is 10.3. The maximum absolute atomic E-state index is 12.8. The van der Waals surface area contributed by atoms with Gasteiger partial charge in [-0.05, 0) is 25.8 Å². The highest BCUT2D eigenvalue weighted by atomic mass is 16.2. The molecular formula is C17H22N2O2. The van der Waals surface area contributed by atoms with E-state index in [0.29, 0.717) is 23.6 Å². The minimum Gasteiger partial charge on any atom is -0.395 e. The average Bonchev–Trinajstić information content (AvgIpc) is 3.03. The number of pyridine rings is 1. The number of hydrogen-bond acceptors (Lipinski definition) is 3. The highest BCUT2D eigenvalue weighted by molar-refractivity contribution is 5.96. The van der Waals surface area contributed by atoms with Gasteiger partial charge in [0.15, 0.2) is 0 Å². The molecule has 0 atom stereocenters. The first-order valence-corrected chi connectivity index (χ1v) is 7.62. The fraction of sp³-hybridized carbons (Fsp3) is 0.529. The quantitative estimate of drug-likeness (QED) is 0.864. The molecule has 112 valence electrons. The van der Waals surface area contributed by atoms with Gasteiger partial charge in [-0.25, -0.2) is 0 Å². The van der Waals surface area contributed by atoms with E-state index in [2.05, 4.69) is 16.8 Å². The van der Waals surface area contributed by atoms with E-state index >= 15 is 0 Å². The summed E-state index contributed by atoms with van der Waals surface area (Å²) in [6.07, 6.45) is 8.25. The van der Waals surface area contributed by atoms with Crippen LogP contribution >= 0.6 is 0 Å². The molecule has 0 bridgehead atoms. The summed E-state index contributed by atoms with van der Waals surface area (Å²) in [5, 5.41) is 8.80. The fourth-order valence-corrected chi connectivity index (χ4v) is 2.83. The van der Waals surface area contributed by atoms with Crippen LogP contribution in [0.1, 0.15) is 54.9 Å². The summed E-state index contributed by atoms with van der Waals surface area (Å²) in [7, 11) is 0. The highest BCUT2D eigenvalue weighted by Gasteiger charge is 2.27. The molecule has 1 amide bonds. The average molecular weight is 286 g/mol. The molecule has 1 aromatic heterocycles. The van der Waals surface area contributed by atoms with Crippen LogP contribution < -0.4 is 0 Å².